The first-order chi connectivity index (χ1) is 11.1. The lowest BCUT2D eigenvalue weighted by atomic mass is 10.2. The average Bonchev–Trinajstić information content (AvgIpc) is 3.27. The van der Waals surface area contributed by atoms with Crippen LogP contribution < -0.4 is 10.1 Å². The lowest BCUT2D eigenvalue weighted by Crippen LogP contribution is -2.23. The van der Waals surface area contributed by atoms with E-state index in [9.17, 15) is 4.79 Å². The van der Waals surface area contributed by atoms with Crippen LogP contribution in [0.25, 0.3) is 0 Å². The summed E-state index contributed by atoms with van der Waals surface area (Å²) < 4.78 is 7.35. The Labute approximate surface area is 139 Å². The summed E-state index contributed by atoms with van der Waals surface area (Å²) in [4.78, 5) is 12.5. The SMILES string of the molecule is COc1ccc(C)cc1NC(=O)C(C)Sc1nncn1C1CC1. The number of nitrogens with one attached hydrogen (secondary N) is 1. The smallest absolute Gasteiger partial charge is 0.237 e. The number of rotatable bonds is 6. The van der Waals surface area contributed by atoms with E-state index in [1.165, 1.54) is 11.8 Å². The number of anilines is 1. The van der Waals surface area contributed by atoms with Gasteiger partial charge in [0.15, 0.2) is 5.16 Å². The second-order valence-corrected chi connectivity index (χ2v) is 7.01. The van der Waals surface area contributed by atoms with Gasteiger partial charge >= 0.3 is 0 Å². The summed E-state index contributed by atoms with van der Waals surface area (Å²) in [6.07, 6.45) is 4.06. The Bertz CT molecular complexity index is 712. The Morgan fingerprint density at radius 3 is 2.96 bits per heavy atom. The molecule has 0 spiro atoms. The molecule has 1 aliphatic rings. The zero-order chi connectivity index (χ0) is 16.4. The Kier molecular flexibility index (Phi) is 4.56. The molecule has 1 saturated carbocycles. The van der Waals surface area contributed by atoms with Crippen LogP contribution >= 0.6 is 11.8 Å². The third-order valence-electron chi connectivity index (χ3n) is 3.74. The number of methoxy groups -OCH3 is 1. The third kappa shape index (κ3) is 3.67. The summed E-state index contributed by atoms with van der Waals surface area (Å²) >= 11 is 1.43. The van der Waals surface area contributed by atoms with E-state index in [0.29, 0.717) is 17.5 Å². The summed E-state index contributed by atoms with van der Waals surface area (Å²) in [7, 11) is 1.59. The standard InChI is InChI=1S/C16H20N4O2S/c1-10-4-7-14(22-3)13(8-10)18-15(21)11(2)23-16-19-17-9-20(16)12-5-6-12/h4,7-9,11-12H,5-6H2,1-3H3,(H,18,21). The molecule has 0 aliphatic heterocycles. The lowest BCUT2D eigenvalue weighted by Gasteiger charge is -2.14. The van der Waals surface area contributed by atoms with Crippen molar-refractivity contribution in [1.82, 2.24) is 14.8 Å². The van der Waals surface area contributed by atoms with Gasteiger partial charge in [-0.2, -0.15) is 0 Å². The molecule has 0 radical (unpaired) electrons. The first-order valence-electron chi connectivity index (χ1n) is 7.60. The van der Waals surface area contributed by atoms with Crippen LogP contribution in [0.15, 0.2) is 29.7 Å². The maximum absolute atomic E-state index is 12.5. The fourth-order valence-electron chi connectivity index (χ4n) is 2.28. The molecule has 122 valence electrons. The normalized spacial score (nSPS) is 15.3. The number of nitrogens with zero attached hydrogens (tertiary/aromatic N) is 3. The quantitative estimate of drug-likeness (QED) is 0.823. The molecule has 1 unspecified atom stereocenters. The Morgan fingerprint density at radius 1 is 1.48 bits per heavy atom. The van der Waals surface area contributed by atoms with Crippen molar-refractivity contribution < 1.29 is 9.53 Å². The molecule has 7 heteroatoms. The van der Waals surface area contributed by atoms with Gasteiger partial charge in [-0.25, -0.2) is 0 Å². The van der Waals surface area contributed by atoms with E-state index in [2.05, 4.69) is 20.1 Å². The van der Waals surface area contributed by atoms with Crippen molar-refractivity contribution in [3.63, 3.8) is 0 Å². The first kappa shape index (κ1) is 15.9. The van der Waals surface area contributed by atoms with Gasteiger partial charge in [-0.05, 0) is 44.4 Å². The molecule has 1 aromatic heterocycles. The maximum Gasteiger partial charge on any atom is 0.237 e. The minimum Gasteiger partial charge on any atom is -0.495 e. The minimum absolute atomic E-state index is 0.0794. The topological polar surface area (TPSA) is 69.0 Å². The highest BCUT2D eigenvalue weighted by molar-refractivity contribution is 8.00. The van der Waals surface area contributed by atoms with E-state index in [4.69, 9.17) is 4.74 Å². The van der Waals surface area contributed by atoms with Gasteiger partial charge in [0.1, 0.15) is 12.1 Å². The van der Waals surface area contributed by atoms with Crippen LogP contribution in [0, 0.1) is 6.92 Å². The van der Waals surface area contributed by atoms with Crippen molar-refractivity contribution in [2.45, 2.75) is 43.1 Å². The second-order valence-electron chi connectivity index (χ2n) is 5.71. The number of aromatic nitrogens is 3. The largest absolute Gasteiger partial charge is 0.495 e. The molecule has 1 N–H and O–H groups in total. The van der Waals surface area contributed by atoms with Crippen molar-refractivity contribution in [2.24, 2.45) is 0 Å². The van der Waals surface area contributed by atoms with Gasteiger partial charge in [-0.3, -0.25) is 4.79 Å². The number of amides is 1. The molecule has 3 rings (SSSR count). The highest BCUT2D eigenvalue weighted by atomic mass is 32.2. The van der Waals surface area contributed by atoms with E-state index in [1.807, 2.05) is 32.0 Å². The molecule has 23 heavy (non-hydrogen) atoms. The zero-order valence-corrected chi connectivity index (χ0v) is 14.3. The average molecular weight is 332 g/mol. The Hall–Kier alpha value is -2.02. The number of ether oxygens (including phenoxy) is 1. The molecule has 1 amide bonds. The summed E-state index contributed by atoms with van der Waals surface area (Å²) in [6.45, 7) is 3.85. The number of carbonyl (C=O) groups is 1. The molecule has 1 aliphatic carbocycles. The van der Waals surface area contributed by atoms with Crippen LogP contribution in [0.4, 0.5) is 5.69 Å². The summed E-state index contributed by atoms with van der Waals surface area (Å²) in [5.74, 6) is 0.576. The molecule has 1 heterocycles. The Morgan fingerprint density at radius 2 is 2.26 bits per heavy atom. The van der Waals surface area contributed by atoms with Crippen molar-refractivity contribution in [3.8, 4) is 5.75 Å². The van der Waals surface area contributed by atoms with Gasteiger partial charge in [0.2, 0.25) is 5.91 Å². The number of hydrogen-bond acceptors (Lipinski definition) is 5. The second kappa shape index (κ2) is 6.62. The van der Waals surface area contributed by atoms with E-state index in [-0.39, 0.29) is 11.2 Å². The molecule has 0 bridgehead atoms. The fraction of sp³-hybridized carbons (Fsp3) is 0.438. The van der Waals surface area contributed by atoms with Gasteiger partial charge in [0.25, 0.3) is 0 Å². The van der Waals surface area contributed by atoms with Gasteiger partial charge in [0.05, 0.1) is 18.0 Å². The lowest BCUT2D eigenvalue weighted by molar-refractivity contribution is -0.115. The fourth-order valence-corrected chi connectivity index (χ4v) is 3.18. The predicted octanol–water partition coefficient (Wildman–Crippen LogP) is 3.05. The van der Waals surface area contributed by atoms with E-state index < -0.39 is 0 Å². The van der Waals surface area contributed by atoms with Crippen LogP contribution in [0.3, 0.4) is 0 Å². The highest BCUT2D eigenvalue weighted by Crippen LogP contribution is 2.38. The molecular weight excluding hydrogens is 312 g/mol. The first-order valence-corrected chi connectivity index (χ1v) is 8.48. The monoisotopic (exact) mass is 332 g/mol. The minimum atomic E-state index is -0.276. The van der Waals surface area contributed by atoms with Gasteiger partial charge in [-0.1, -0.05) is 17.8 Å². The van der Waals surface area contributed by atoms with Crippen LogP contribution in [0.2, 0.25) is 0 Å². The van der Waals surface area contributed by atoms with E-state index in [1.54, 1.807) is 13.4 Å². The van der Waals surface area contributed by atoms with Crippen LogP contribution in [-0.2, 0) is 4.79 Å². The van der Waals surface area contributed by atoms with Crippen LogP contribution in [0.5, 0.6) is 5.75 Å². The van der Waals surface area contributed by atoms with E-state index >= 15 is 0 Å². The molecule has 1 aromatic carbocycles. The molecular formula is C16H20N4O2S. The number of benzene rings is 1. The Balaban J connectivity index is 1.68. The molecule has 1 atom stereocenters. The van der Waals surface area contributed by atoms with Crippen LogP contribution in [0.1, 0.15) is 31.4 Å². The van der Waals surface area contributed by atoms with Gasteiger partial charge < -0.3 is 14.6 Å². The highest BCUT2D eigenvalue weighted by Gasteiger charge is 2.28. The van der Waals surface area contributed by atoms with Gasteiger partial charge in [-0.15, -0.1) is 10.2 Å². The van der Waals surface area contributed by atoms with Crippen molar-refractivity contribution >= 4 is 23.4 Å². The maximum atomic E-state index is 12.5. The summed E-state index contributed by atoms with van der Waals surface area (Å²) in [5, 5.41) is 11.5. The zero-order valence-electron chi connectivity index (χ0n) is 13.4. The predicted molar refractivity (Wildman–Crippen MR) is 90.0 cm³/mol. The third-order valence-corrected chi connectivity index (χ3v) is 4.82. The summed E-state index contributed by atoms with van der Waals surface area (Å²) in [5.41, 5.74) is 1.75. The molecule has 0 saturated heterocycles. The van der Waals surface area contributed by atoms with Crippen LogP contribution in [-0.4, -0.2) is 33.0 Å². The number of hydrogen-bond donors (Lipinski definition) is 1. The molecule has 6 nitrogen and oxygen atoms in total. The van der Waals surface area contributed by atoms with Crippen molar-refractivity contribution in [1.29, 1.82) is 0 Å². The number of thioether (sulfide) groups is 1. The van der Waals surface area contributed by atoms with Gasteiger partial charge in [0, 0.05) is 6.04 Å². The van der Waals surface area contributed by atoms with E-state index in [0.717, 1.165) is 23.6 Å². The number of carbonyl (C=O) groups excluding carboxylic acids is 1. The summed E-state index contributed by atoms with van der Waals surface area (Å²) in [6, 6.07) is 6.21. The van der Waals surface area contributed by atoms with Crippen molar-refractivity contribution in [3.05, 3.63) is 30.1 Å². The number of aryl methyl sites for hydroxylation is 1. The molecule has 1 fully saturated rings. The molecule has 2 aromatic rings. The van der Waals surface area contributed by atoms with Crippen molar-refractivity contribution in [2.75, 3.05) is 12.4 Å².